The van der Waals surface area contributed by atoms with Crippen molar-refractivity contribution in [1.29, 1.82) is 0 Å². The van der Waals surface area contributed by atoms with E-state index in [1.807, 2.05) is 50.5 Å². The van der Waals surface area contributed by atoms with Gasteiger partial charge in [-0.1, -0.05) is 29.8 Å². The van der Waals surface area contributed by atoms with Crippen LogP contribution in [0.3, 0.4) is 0 Å². The molecule has 8 heteroatoms. The lowest BCUT2D eigenvalue weighted by molar-refractivity contribution is 0.247. The number of nitrogens with zero attached hydrogens (tertiary/aromatic N) is 4. The summed E-state index contributed by atoms with van der Waals surface area (Å²) in [6.45, 7) is 1.74. The monoisotopic (exact) mass is 459 g/mol. The van der Waals surface area contributed by atoms with E-state index in [1.54, 1.807) is 35.1 Å². The van der Waals surface area contributed by atoms with Crippen molar-refractivity contribution >= 4 is 22.5 Å². The van der Waals surface area contributed by atoms with Crippen molar-refractivity contribution in [2.75, 3.05) is 6.61 Å². The molecular formula is C25H22ClN5O2. The van der Waals surface area contributed by atoms with E-state index in [2.05, 4.69) is 15.3 Å². The fourth-order valence-electron chi connectivity index (χ4n) is 4.23. The molecule has 2 N–H and O–H groups in total. The van der Waals surface area contributed by atoms with Crippen LogP contribution in [-0.2, 0) is 7.05 Å². The molecule has 5 rings (SSSR count). The molecule has 0 saturated carbocycles. The zero-order valence-electron chi connectivity index (χ0n) is 18.2. The minimum atomic E-state index is -0.512. The Bertz CT molecular complexity index is 1530. The zero-order valence-corrected chi connectivity index (χ0v) is 18.9. The Labute approximate surface area is 194 Å². The summed E-state index contributed by atoms with van der Waals surface area (Å²) in [7, 11) is 1.88. The van der Waals surface area contributed by atoms with Crippen molar-refractivity contribution in [2.45, 2.75) is 13.0 Å². The van der Waals surface area contributed by atoms with Gasteiger partial charge in [-0.15, -0.1) is 0 Å². The fraction of sp³-hybridized carbons (Fsp3) is 0.160. The summed E-state index contributed by atoms with van der Waals surface area (Å²) in [5, 5.41) is 23.5. The van der Waals surface area contributed by atoms with Crippen LogP contribution >= 0.6 is 11.6 Å². The molecule has 0 aliphatic carbocycles. The van der Waals surface area contributed by atoms with Crippen molar-refractivity contribution in [3.05, 3.63) is 93.6 Å². The standard InChI is InChI=1S/C25H22ClN5O2/c1-15-21(13-30(2)29-15)25-20-11-16(6-7-22(20)27-28-25)17-8-9-31(24(33)12-17)23(14-32)18-4-3-5-19(26)10-18/h3-13,23,32H,14H2,1-2H3,(H,27,28). The Morgan fingerprint density at radius 1 is 1.12 bits per heavy atom. The number of hydrogen-bond donors (Lipinski definition) is 2. The van der Waals surface area contributed by atoms with Crippen molar-refractivity contribution < 1.29 is 5.11 Å². The average molecular weight is 460 g/mol. The minimum Gasteiger partial charge on any atom is -0.394 e. The van der Waals surface area contributed by atoms with Gasteiger partial charge in [-0.3, -0.25) is 14.6 Å². The summed E-state index contributed by atoms with van der Waals surface area (Å²) in [6, 6.07) is 16.1. The van der Waals surface area contributed by atoms with E-state index in [4.69, 9.17) is 11.6 Å². The Balaban J connectivity index is 1.55. The molecule has 0 fully saturated rings. The molecule has 0 aliphatic rings. The van der Waals surface area contributed by atoms with Gasteiger partial charge in [0.1, 0.15) is 5.69 Å². The van der Waals surface area contributed by atoms with E-state index in [9.17, 15) is 9.90 Å². The van der Waals surface area contributed by atoms with Gasteiger partial charge in [-0.25, -0.2) is 0 Å². The molecule has 5 aromatic rings. The second kappa shape index (κ2) is 8.35. The van der Waals surface area contributed by atoms with Crippen molar-refractivity contribution in [3.8, 4) is 22.4 Å². The maximum atomic E-state index is 13.0. The third-order valence-corrected chi connectivity index (χ3v) is 6.09. The van der Waals surface area contributed by atoms with Crippen molar-refractivity contribution in [1.82, 2.24) is 24.5 Å². The van der Waals surface area contributed by atoms with Gasteiger partial charge in [0.15, 0.2) is 0 Å². The van der Waals surface area contributed by atoms with Gasteiger partial charge in [-0.05, 0) is 53.9 Å². The smallest absolute Gasteiger partial charge is 0.251 e. The Morgan fingerprint density at radius 2 is 1.94 bits per heavy atom. The molecule has 0 radical (unpaired) electrons. The molecule has 7 nitrogen and oxygen atoms in total. The second-order valence-corrected chi connectivity index (χ2v) is 8.49. The molecule has 1 atom stereocenters. The molecule has 166 valence electrons. The van der Waals surface area contributed by atoms with Crippen LogP contribution < -0.4 is 5.56 Å². The van der Waals surface area contributed by atoms with Gasteiger partial charge >= 0.3 is 0 Å². The number of pyridine rings is 1. The van der Waals surface area contributed by atoms with Crippen LogP contribution in [0.25, 0.3) is 33.3 Å². The molecule has 0 saturated heterocycles. The summed E-state index contributed by atoms with van der Waals surface area (Å²) in [5.74, 6) is 0. The van der Waals surface area contributed by atoms with Gasteiger partial charge in [0.25, 0.3) is 5.56 Å². The predicted octanol–water partition coefficient (Wildman–Crippen LogP) is 4.34. The van der Waals surface area contributed by atoms with E-state index in [1.165, 1.54) is 4.57 Å². The summed E-state index contributed by atoms with van der Waals surface area (Å²) in [5.41, 5.74) is 5.85. The largest absolute Gasteiger partial charge is 0.394 e. The zero-order chi connectivity index (χ0) is 23.1. The van der Waals surface area contributed by atoms with Gasteiger partial charge in [0.05, 0.1) is 23.9 Å². The summed E-state index contributed by atoms with van der Waals surface area (Å²) < 4.78 is 3.29. The molecule has 0 amide bonds. The summed E-state index contributed by atoms with van der Waals surface area (Å²) in [4.78, 5) is 13.0. The van der Waals surface area contributed by atoms with Gasteiger partial charge < -0.3 is 9.67 Å². The predicted molar refractivity (Wildman–Crippen MR) is 129 cm³/mol. The Morgan fingerprint density at radius 3 is 2.64 bits per heavy atom. The van der Waals surface area contributed by atoms with E-state index in [-0.39, 0.29) is 12.2 Å². The number of benzene rings is 2. The minimum absolute atomic E-state index is 0.206. The maximum absolute atomic E-state index is 13.0. The summed E-state index contributed by atoms with van der Waals surface area (Å²) >= 11 is 6.10. The normalized spacial score (nSPS) is 12.4. The maximum Gasteiger partial charge on any atom is 0.251 e. The summed E-state index contributed by atoms with van der Waals surface area (Å²) in [6.07, 6.45) is 3.66. The quantitative estimate of drug-likeness (QED) is 0.409. The lowest BCUT2D eigenvalue weighted by Crippen LogP contribution is -2.26. The number of aromatic amines is 1. The number of aliphatic hydroxyl groups excluding tert-OH is 1. The SMILES string of the molecule is Cc1nn(C)cc1-c1n[nH]c2ccc(-c3ccn(C(CO)c4cccc(Cl)c4)c(=O)c3)cc12. The van der Waals surface area contributed by atoms with Crippen LogP contribution in [0, 0.1) is 6.92 Å². The highest BCUT2D eigenvalue weighted by Crippen LogP contribution is 2.31. The number of aryl methyl sites for hydroxylation is 2. The number of rotatable bonds is 5. The third kappa shape index (κ3) is 3.86. The van der Waals surface area contributed by atoms with E-state index >= 15 is 0 Å². The molecule has 0 aliphatic heterocycles. The molecule has 0 bridgehead atoms. The highest BCUT2D eigenvalue weighted by Gasteiger charge is 2.17. The lowest BCUT2D eigenvalue weighted by Gasteiger charge is -2.18. The van der Waals surface area contributed by atoms with Gasteiger partial charge in [-0.2, -0.15) is 10.2 Å². The molecular weight excluding hydrogens is 438 g/mol. The van der Waals surface area contributed by atoms with Crippen molar-refractivity contribution in [2.24, 2.45) is 7.05 Å². The first-order valence-corrected chi connectivity index (χ1v) is 10.9. The molecule has 0 spiro atoms. The Hall–Kier alpha value is -3.68. The van der Waals surface area contributed by atoms with Crippen molar-refractivity contribution in [3.63, 3.8) is 0 Å². The highest BCUT2D eigenvalue weighted by atomic mass is 35.5. The number of aliphatic hydroxyl groups is 1. The Kier molecular flexibility index (Phi) is 5.36. The van der Waals surface area contributed by atoms with Crippen LogP contribution in [0.4, 0.5) is 0 Å². The first-order chi connectivity index (χ1) is 15.9. The molecule has 3 aromatic heterocycles. The topological polar surface area (TPSA) is 88.7 Å². The molecule has 33 heavy (non-hydrogen) atoms. The van der Waals surface area contributed by atoms with Crippen LogP contribution in [0.2, 0.25) is 5.02 Å². The molecule has 2 aromatic carbocycles. The molecule has 3 heterocycles. The van der Waals surface area contributed by atoms with E-state index in [0.717, 1.165) is 44.5 Å². The first-order valence-electron chi connectivity index (χ1n) is 10.5. The number of aromatic nitrogens is 5. The number of H-pyrrole nitrogens is 1. The lowest BCUT2D eigenvalue weighted by atomic mass is 10.0. The number of hydrogen-bond acceptors (Lipinski definition) is 4. The molecule has 1 unspecified atom stereocenters. The van der Waals surface area contributed by atoms with Crippen LogP contribution in [0.1, 0.15) is 17.3 Å². The highest BCUT2D eigenvalue weighted by molar-refractivity contribution is 6.30. The van der Waals surface area contributed by atoms with Crippen LogP contribution in [0.15, 0.2) is 71.8 Å². The van der Waals surface area contributed by atoms with Crippen LogP contribution in [-0.4, -0.2) is 36.3 Å². The van der Waals surface area contributed by atoms with Crippen LogP contribution in [0.5, 0.6) is 0 Å². The van der Waals surface area contributed by atoms with E-state index in [0.29, 0.717) is 5.02 Å². The van der Waals surface area contributed by atoms with Gasteiger partial charge in [0.2, 0.25) is 0 Å². The van der Waals surface area contributed by atoms with Gasteiger partial charge in [0, 0.05) is 41.5 Å². The first kappa shape index (κ1) is 21.2. The average Bonchev–Trinajstić information content (AvgIpc) is 3.36. The fourth-order valence-corrected chi connectivity index (χ4v) is 4.42. The number of halogens is 1. The number of nitrogens with one attached hydrogen (secondary N) is 1. The number of fused-ring (bicyclic) bond motifs is 1. The second-order valence-electron chi connectivity index (χ2n) is 8.05. The van der Waals surface area contributed by atoms with E-state index < -0.39 is 6.04 Å². The third-order valence-electron chi connectivity index (χ3n) is 5.86.